The summed E-state index contributed by atoms with van der Waals surface area (Å²) in [5.74, 6) is -0.392. The Morgan fingerprint density at radius 2 is 1.58 bits per heavy atom. The number of hydrogen-bond acceptors (Lipinski definition) is 3. The Bertz CT molecular complexity index is 768. The van der Waals surface area contributed by atoms with Gasteiger partial charge in [-0.25, -0.2) is 0 Å². The normalized spacial score (nSPS) is 11.2. The van der Waals surface area contributed by atoms with Crippen LogP contribution in [-0.4, -0.2) is 18.9 Å². The molecule has 1 aromatic heterocycles. The van der Waals surface area contributed by atoms with Crippen molar-refractivity contribution in [2.75, 3.05) is 12.4 Å². The predicted octanol–water partition coefficient (Wildman–Crippen LogP) is 4.27. The quantitative estimate of drug-likeness (QED) is 0.873. The first-order valence-corrected chi connectivity index (χ1v) is 8.70. The van der Waals surface area contributed by atoms with E-state index in [0.29, 0.717) is 16.1 Å². The lowest BCUT2D eigenvalue weighted by Gasteiger charge is -2.19. The molecular formula is C19H24N2O2S. The summed E-state index contributed by atoms with van der Waals surface area (Å²) in [5, 5.41) is 6.10. The van der Waals surface area contributed by atoms with E-state index < -0.39 is 0 Å². The second-order valence-electron chi connectivity index (χ2n) is 6.85. The molecule has 24 heavy (non-hydrogen) atoms. The first-order chi connectivity index (χ1) is 11.1. The molecule has 0 aliphatic carbocycles. The van der Waals surface area contributed by atoms with Crippen molar-refractivity contribution >= 4 is 28.2 Å². The number of anilines is 1. The minimum atomic E-state index is -0.207. The molecule has 0 unspecified atom stereocenters. The van der Waals surface area contributed by atoms with E-state index in [1.54, 1.807) is 7.05 Å². The number of carbonyl (C=O) groups is 2. The van der Waals surface area contributed by atoms with E-state index in [-0.39, 0.29) is 17.2 Å². The SMILES string of the molecule is CNC(=O)c1c(NC(=O)c2ccc(C(C)(C)C)cc2)sc(C)c1C. The highest BCUT2D eigenvalue weighted by atomic mass is 32.1. The van der Waals surface area contributed by atoms with Crippen molar-refractivity contribution < 1.29 is 9.59 Å². The molecule has 2 aromatic rings. The van der Waals surface area contributed by atoms with Gasteiger partial charge in [0.15, 0.2) is 0 Å². The minimum Gasteiger partial charge on any atom is -0.355 e. The molecule has 1 heterocycles. The van der Waals surface area contributed by atoms with Crippen LogP contribution < -0.4 is 10.6 Å². The van der Waals surface area contributed by atoms with Gasteiger partial charge in [-0.3, -0.25) is 9.59 Å². The molecular weight excluding hydrogens is 320 g/mol. The molecule has 2 amide bonds. The molecule has 0 saturated carbocycles. The van der Waals surface area contributed by atoms with Crippen molar-refractivity contribution in [3.05, 3.63) is 51.4 Å². The molecule has 5 heteroatoms. The lowest BCUT2D eigenvalue weighted by molar-refractivity contribution is 0.0963. The van der Waals surface area contributed by atoms with E-state index in [1.165, 1.54) is 16.9 Å². The molecule has 2 rings (SSSR count). The zero-order valence-electron chi connectivity index (χ0n) is 15.0. The van der Waals surface area contributed by atoms with E-state index >= 15 is 0 Å². The van der Waals surface area contributed by atoms with Crippen molar-refractivity contribution in [2.45, 2.75) is 40.0 Å². The van der Waals surface area contributed by atoms with Crippen LogP contribution in [0.1, 0.15) is 57.5 Å². The lowest BCUT2D eigenvalue weighted by Crippen LogP contribution is -2.21. The fourth-order valence-corrected chi connectivity index (χ4v) is 3.46. The summed E-state index contributed by atoms with van der Waals surface area (Å²) in [6.45, 7) is 10.2. The molecule has 0 fully saturated rings. The average Bonchev–Trinajstić information content (AvgIpc) is 2.80. The average molecular weight is 344 g/mol. The van der Waals surface area contributed by atoms with E-state index in [1.807, 2.05) is 38.1 Å². The van der Waals surface area contributed by atoms with Gasteiger partial charge in [0.1, 0.15) is 5.00 Å². The van der Waals surface area contributed by atoms with Crippen LogP contribution in [0.15, 0.2) is 24.3 Å². The predicted molar refractivity (Wildman–Crippen MR) is 100 cm³/mol. The third-order valence-electron chi connectivity index (χ3n) is 4.08. The maximum Gasteiger partial charge on any atom is 0.256 e. The molecule has 2 N–H and O–H groups in total. The summed E-state index contributed by atoms with van der Waals surface area (Å²) in [6, 6.07) is 7.59. The number of nitrogens with one attached hydrogen (secondary N) is 2. The van der Waals surface area contributed by atoms with Crippen LogP contribution in [0.5, 0.6) is 0 Å². The van der Waals surface area contributed by atoms with Gasteiger partial charge in [0.05, 0.1) is 5.56 Å². The number of aryl methyl sites for hydroxylation is 1. The Hall–Kier alpha value is -2.14. The highest BCUT2D eigenvalue weighted by Crippen LogP contribution is 2.32. The summed E-state index contributed by atoms with van der Waals surface area (Å²) in [7, 11) is 1.59. The van der Waals surface area contributed by atoms with Gasteiger partial charge < -0.3 is 10.6 Å². The van der Waals surface area contributed by atoms with Crippen molar-refractivity contribution in [1.29, 1.82) is 0 Å². The van der Waals surface area contributed by atoms with Gasteiger partial charge >= 0.3 is 0 Å². The highest BCUT2D eigenvalue weighted by Gasteiger charge is 2.21. The van der Waals surface area contributed by atoms with E-state index in [0.717, 1.165) is 10.4 Å². The number of rotatable bonds is 3. The third kappa shape index (κ3) is 3.67. The maximum absolute atomic E-state index is 12.5. The Labute approximate surface area is 147 Å². The molecule has 0 aliphatic heterocycles. The lowest BCUT2D eigenvalue weighted by atomic mass is 9.87. The van der Waals surface area contributed by atoms with Crippen molar-refractivity contribution in [2.24, 2.45) is 0 Å². The summed E-state index contributed by atoms with van der Waals surface area (Å²) >= 11 is 1.42. The van der Waals surface area contributed by atoms with Crippen LogP contribution in [0.2, 0.25) is 0 Å². The van der Waals surface area contributed by atoms with Crippen LogP contribution in [0.25, 0.3) is 0 Å². The summed E-state index contributed by atoms with van der Waals surface area (Å²) in [4.78, 5) is 25.6. The topological polar surface area (TPSA) is 58.2 Å². The van der Waals surface area contributed by atoms with Gasteiger partial charge in [0.25, 0.3) is 11.8 Å². The Morgan fingerprint density at radius 1 is 1.00 bits per heavy atom. The fraction of sp³-hybridized carbons (Fsp3) is 0.368. The molecule has 4 nitrogen and oxygen atoms in total. The van der Waals surface area contributed by atoms with Crippen LogP contribution >= 0.6 is 11.3 Å². The standard InChI is InChI=1S/C19H24N2O2S/c1-11-12(2)24-18(15(11)17(23)20-6)21-16(22)13-7-9-14(10-8-13)19(3,4)5/h7-10H,1-6H3,(H,20,23)(H,21,22). The van der Waals surface area contributed by atoms with Gasteiger partial charge in [-0.1, -0.05) is 32.9 Å². The number of benzene rings is 1. The van der Waals surface area contributed by atoms with Gasteiger partial charge in [-0.05, 0) is 42.5 Å². The monoisotopic (exact) mass is 344 g/mol. The minimum absolute atomic E-state index is 0.0450. The Balaban J connectivity index is 2.27. The van der Waals surface area contributed by atoms with Crippen molar-refractivity contribution in [3.8, 4) is 0 Å². The van der Waals surface area contributed by atoms with Gasteiger partial charge in [0.2, 0.25) is 0 Å². The smallest absolute Gasteiger partial charge is 0.256 e. The van der Waals surface area contributed by atoms with Crippen molar-refractivity contribution in [3.63, 3.8) is 0 Å². The second-order valence-corrected chi connectivity index (χ2v) is 8.07. The van der Waals surface area contributed by atoms with Gasteiger partial charge in [-0.15, -0.1) is 11.3 Å². The first kappa shape index (κ1) is 18.2. The zero-order chi connectivity index (χ0) is 18.1. The van der Waals surface area contributed by atoms with Crippen molar-refractivity contribution in [1.82, 2.24) is 5.32 Å². The Kier molecular flexibility index (Phi) is 5.13. The Morgan fingerprint density at radius 3 is 2.08 bits per heavy atom. The van der Waals surface area contributed by atoms with Gasteiger partial charge in [-0.2, -0.15) is 0 Å². The zero-order valence-corrected chi connectivity index (χ0v) is 15.9. The van der Waals surface area contributed by atoms with Gasteiger partial charge in [0, 0.05) is 17.5 Å². The van der Waals surface area contributed by atoms with Crippen LogP contribution in [0.3, 0.4) is 0 Å². The second kappa shape index (κ2) is 6.77. The number of amides is 2. The molecule has 0 bridgehead atoms. The largest absolute Gasteiger partial charge is 0.355 e. The third-order valence-corrected chi connectivity index (χ3v) is 5.20. The van der Waals surface area contributed by atoms with E-state index in [2.05, 4.69) is 31.4 Å². The molecule has 128 valence electrons. The number of hydrogen-bond donors (Lipinski definition) is 2. The fourth-order valence-electron chi connectivity index (χ4n) is 2.41. The molecule has 0 saturated heterocycles. The number of thiophene rings is 1. The van der Waals surface area contributed by atoms with Crippen LogP contribution in [0, 0.1) is 13.8 Å². The highest BCUT2D eigenvalue weighted by molar-refractivity contribution is 7.16. The summed E-state index contributed by atoms with van der Waals surface area (Å²) in [5.41, 5.74) is 3.24. The van der Waals surface area contributed by atoms with E-state index in [4.69, 9.17) is 0 Å². The molecule has 0 spiro atoms. The van der Waals surface area contributed by atoms with Crippen LogP contribution in [0.4, 0.5) is 5.00 Å². The summed E-state index contributed by atoms with van der Waals surface area (Å²) < 4.78 is 0. The number of carbonyl (C=O) groups excluding carboxylic acids is 2. The molecule has 0 atom stereocenters. The van der Waals surface area contributed by atoms with Crippen LogP contribution in [-0.2, 0) is 5.41 Å². The van der Waals surface area contributed by atoms with E-state index in [9.17, 15) is 9.59 Å². The maximum atomic E-state index is 12.5. The molecule has 1 aromatic carbocycles. The molecule has 0 radical (unpaired) electrons. The first-order valence-electron chi connectivity index (χ1n) is 7.89. The molecule has 0 aliphatic rings. The summed E-state index contributed by atoms with van der Waals surface area (Å²) in [6.07, 6.45) is 0.